The summed E-state index contributed by atoms with van der Waals surface area (Å²) in [6.07, 6.45) is 0.587. The maximum Gasteiger partial charge on any atom is 0.243 e. The third-order valence-electron chi connectivity index (χ3n) is 3.07. The number of hydrogen-bond donors (Lipinski definition) is 1. The third kappa shape index (κ3) is 3.28. The van der Waals surface area contributed by atoms with Crippen molar-refractivity contribution in [3.05, 3.63) is 18.2 Å². The average molecular weight is 334 g/mol. The van der Waals surface area contributed by atoms with Gasteiger partial charge in [0.25, 0.3) is 0 Å². The number of nitrogens with zero attached hydrogens (tertiary/aromatic N) is 2. The van der Waals surface area contributed by atoms with E-state index in [4.69, 9.17) is 11.6 Å². The van der Waals surface area contributed by atoms with E-state index in [0.717, 1.165) is 11.4 Å². The maximum absolute atomic E-state index is 12.5. The van der Waals surface area contributed by atoms with E-state index in [0.29, 0.717) is 23.7 Å². The fraction of sp³-hybridized carbons (Fsp3) is 0.500. The molecule has 1 heterocycles. The Morgan fingerprint density at radius 1 is 1.35 bits per heavy atom. The molecule has 0 fully saturated rings. The molecule has 5 nitrogen and oxygen atoms in total. The second kappa shape index (κ2) is 6.34. The van der Waals surface area contributed by atoms with Gasteiger partial charge >= 0.3 is 0 Å². The molecule has 1 unspecified atom stereocenters. The molecule has 8 heteroatoms. The van der Waals surface area contributed by atoms with Crippen molar-refractivity contribution in [1.82, 2.24) is 4.72 Å². The van der Waals surface area contributed by atoms with Crippen molar-refractivity contribution in [3.8, 4) is 0 Å². The summed E-state index contributed by atoms with van der Waals surface area (Å²) in [5.41, 5.74) is 1.01. The first-order valence-electron chi connectivity index (χ1n) is 6.25. The molecule has 0 spiro atoms. The molecule has 0 aromatic heterocycles. The van der Waals surface area contributed by atoms with E-state index < -0.39 is 10.0 Å². The Hall–Kier alpha value is -0.760. The van der Waals surface area contributed by atoms with Gasteiger partial charge in [-0.3, -0.25) is 0 Å². The van der Waals surface area contributed by atoms with Crippen LogP contribution < -0.4 is 4.72 Å². The van der Waals surface area contributed by atoms with Crippen LogP contribution in [0, 0.1) is 5.92 Å². The quantitative estimate of drug-likeness (QED) is 0.823. The standard InChI is InChI=1S/C12H16ClN3O2S2/c1-8(2)9(6-7-13)16-20(17,18)11-5-3-4-10-12(11)15-19-14-10/h3-5,8-9,16H,6-7H2,1-2H3. The molecule has 1 N–H and O–H groups in total. The first kappa shape index (κ1) is 15.6. The Bertz CT molecular complexity index is 667. The summed E-state index contributed by atoms with van der Waals surface area (Å²) in [4.78, 5) is 0.170. The van der Waals surface area contributed by atoms with Crippen molar-refractivity contribution in [2.75, 3.05) is 5.88 Å². The highest BCUT2D eigenvalue weighted by atomic mass is 35.5. The SMILES string of the molecule is CC(C)C(CCCl)NS(=O)(=O)c1cccc2c1N=S=N2. The topological polar surface area (TPSA) is 70.9 Å². The van der Waals surface area contributed by atoms with Gasteiger partial charge in [0.1, 0.15) is 16.3 Å². The highest BCUT2D eigenvalue weighted by molar-refractivity contribution is 7.89. The second-order valence-electron chi connectivity index (χ2n) is 4.84. The summed E-state index contributed by atoms with van der Waals surface area (Å²) >= 11 is 6.74. The molecule has 0 bridgehead atoms. The lowest BCUT2D eigenvalue weighted by atomic mass is 10.0. The number of sulfonamides is 1. The number of benzene rings is 1. The minimum Gasteiger partial charge on any atom is -0.208 e. The molecule has 1 atom stereocenters. The van der Waals surface area contributed by atoms with Crippen LogP contribution in [0.1, 0.15) is 20.3 Å². The molecule has 20 heavy (non-hydrogen) atoms. The summed E-state index contributed by atoms with van der Waals surface area (Å²) in [6.45, 7) is 3.93. The molecule has 0 saturated carbocycles. The second-order valence-corrected chi connectivity index (χ2v) is 7.43. The van der Waals surface area contributed by atoms with Crippen molar-refractivity contribution in [2.45, 2.75) is 31.2 Å². The smallest absolute Gasteiger partial charge is 0.208 e. The molecular formula is C12H16ClN3O2S2. The molecule has 1 aromatic rings. The summed E-state index contributed by atoms with van der Waals surface area (Å²) in [7, 11) is -3.63. The van der Waals surface area contributed by atoms with E-state index in [9.17, 15) is 8.42 Å². The van der Waals surface area contributed by atoms with Crippen LogP contribution in [0.15, 0.2) is 31.8 Å². The first-order valence-corrected chi connectivity index (χ1v) is 9.00. The van der Waals surface area contributed by atoms with E-state index in [2.05, 4.69) is 13.4 Å². The summed E-state index contributed by atoms with van der Waals surface area (Å²) in [6, 6.07) is 4.77. The Morgan fingerprint density at radius 2 is 2.10 bits per heavy atom. The van der Waals surface area contributed by atoms with Gasteiger partial charge in [-0.05, 0) is 24.5 Å². The van der Waals surface area contributed by atoms with E-state index >= 15 is 0 Å². The highest BCUT2D eigenvalue weighted by Gasteiger charge is 2.26. The molecule has 2 rings (SSSR count). The maximum atomic E-state index is 12.5. The molecule has 0 saturated heterocycles. The predicted molar refractivity (Wildman–Crippen MR) is 82.3 cm³/mol. The molecule has 0 amide bonds. The van der Waals surface area contributed by atoms with Gasteiger partial charge in [-0.25, -0.2) is 13.1 Å². The van der Waals surface area contributed by atoms with Gasteiger partial charge in [-0.15, -0.1) is 11.6 Å². The van der Waals surface area contributed by atoms with Crippen molar-refractivity contribution < 1.29 is 8.42 Å². The fourth-order valence-corrected chi connectivity index (χ4v) is 4.33. The van der Waals surface area contributed by atoms with Crippen LogP contribution in [0.2, 0.25) is 0 Å². The monoisotopic (exact) mass is 333 g/mol. The van der Waals surface area contributed by atoms with Crippen molar-refractivity contribution >= 4 is 44.4 Å². The van der Waals surface area contributed by atoms with Gasteiger partial charge in [0, 0.05) is 11.9 Å². The zero-order valence-electron chi connectivity index (χ0n) is 11.2. The van der Waals surface area contributed by atoms with Crippen molar-refractivity contribution in [3.63, 3.8) is 0 Å². The molecule has 0 aliphatic carbocycles. The van der Waals surface area contributed by atoms with Crippen LogP contribution in [0.4, 0.5) is 11.4 Å². The van der Waals surface area contributed by atoms with Crippen LogP contribution in [0.5, 0.6) is 0 Å². The number of halogens is 1. The Balaban J connectivity index is 2.32. The highest BCUT2D eigenvalue weighted by Crippen LogP contribution is 2.37. The van der Waals surface area contributed by atoms with E-state index in [-0.39, 0.29) is 16.9 Å². The van der Waals surface area contributed by atoms with Crippen molar-refractivity contribution in [2.24, 2.45) is 14.6 Å². The minimum absolute atomic E-state index is 0.163. The first-order chi connectivity index (χ1) is 9.45. The number of alkyl halides is 1. The van der Waals surface area contributed by atoms with Gasteiger partial charge in [-0.2, -0.15) is 8.73 Å². The largest absolute Gasteiger partial charge is 0.243 e. The molecular weight excluding hydrogens is 318 g/mol. The Kier molecular flexibility index (Phi) is 4.95. The summed E-state index contributed by atoms with van der Waals surface area (Å²) < 4.78 is 35.9. The lowest BCUT2D eigenvalue weighted by Crippen LogP contribution is -2.38. The van der Waals surface area contributed by atoms with Crippen LogP contribution in [0.25, 0.3) is 0 Å². The van der Waals surface area contributed by atoms with E-state index in [1.54, 1.807) is 18.2 Å². The molecule has 1 aliphatic rings. The number of nitrogens with one attached hydrogen (secondary N) is 1. The zero-order chi connectivity index (χ0) is 14.8. The van der Waals surface area contributed by atoms with Gasteiger partial charge in [0.05, 0.1) is 11.4 Å². The minimum atomic E-state index is -3.63. The Labute approximate surface area is 127 Å². The van der Waals surface area contributed by atoms with Crippen LogP contribution in [-0.2, 0) is 21.4 Å². The molecule has 0 radical (unpaired) electrons. The van der Waals surface area contributed by atoms with Gasteiger partial charge in [-0.1, -0.05) is 19.9 Å². The number of rotatable bonds is 6. The lowest BCUT2D eigenvalue weighted by Gasteiger charge is -2.21. The van der Waals surface area contributed by atoms with Gasteiger partial charge in [0.2, 0.25) is 10.0 Å². The summed E-state index contributed by atoms with van der Waals surface area (Å²) in [5, 5.41) is 0. The molecule has 1 aromatic carbocycles. The third-order valence-corrected chi connectivity index (χ3v) is 5.35. The average Bonchev–Trinajstić information content (AvgIpc) is 2.85. The normalized spacial score (nSPS) is 15.2. The Morgan fingerprint density at radius 3 is 2.75 bits per heavy atom. The summed E-state index contributed by atoms with van der Waals surface area (Å²) in [5.74, 6) is 0.574. The number of fused-ring (bicyclic) bond motifs is 1. The van der Waals surface area contributed by atoms with Crippen LogP contribution in [-0.4, -0.2) is 20.3 Å². The van der Waals surface area contributed by atoms with Crippen molar-refractivity contribution in [1.29, 1.82) is 0 Å². The van der Waals surface area contributed by atoms with Gasteiger partial charge in [0.15, 0.2) is 0 Å². The lowest BCUT2D eigenvalue weighted by molar-refractivity contribution is 0.439. The fourth-order valence-electron chi connectivity index (χ4n) is 1.91. The zero-order valence-corrected chi connectivity index (χ0v) is 13.6. The molecule has 110 valence electrons. The number of hydrogen-bond acceptors (Lipinski definition) is 4. The van der Waals surface area contributed by atoms with E-state index in [1.165, 1.54) is 0 Å². The molecule has 1 aliphatic heterocycles. The van der Waals surface area contributed by atoms with E-state index in [1.807, 2.05) is 13.8 Å². The predicted octanol–water partition coefficient (Wildman–Crippen LogP) is 3.34. The van der Waals surface area contributed by atoms with Crippen LogP contribution >= 0.6 is 11.6 Å². The van der Waals surface area contributed by atoms with Gasteiger partial charge < -0.3 is 0 Å². The van der Waals surface area contributed by atoms with Crippen LogP contribution in [0.3, 0.4) is 0 Å².